The van der Waals surface area contributed by atoms with Crippen LogP contribution in [0, 0.1) is 11.3 Å². The van der Waals surface area contributed by atoms with Crippen molar-refractivity contribution in [1.82, 2.24) is 4.98 Å². The molecule has 0 radical (unpaired) electrons. The second-order valence-corrected chi connectivity index (χ2v) is 7.71. The van der Waals surface area contributed by atoms with Crippen LogP contribution in [0.1, 0.15) is 19.4 Å². The molecule has 0 bridgehead atoms. The van der Waals surface area contributed by atoms with Gasteiger partial charge in [0.1, 0.15) is 11.2 Å². The molecule has 156 valence electrons. The van der Waals surface area contributed by atoms with Crippen LogP contribution < -0.4 is 10.3 Å². The predicted molar refractivity (Wildman–Crippen MR) is 128 cm³/mol. The van der Waals surface area contributed by atoms with Crippen LogP contribution in [0.4, 0.5) is 5.69 Å². The van der Waals surface area contributed by atoms with Crippen molar-refractivity contribution in [2.75, 3.05) is 18.0 Å². The van der Waals surface area contributed by atoms with E-state index >= 15 is 0 Å². The zero-order chi connectivity index (χ0) is 22.2. The maximum absolute atomic E-state index is 12.9. The number of aromatic nitrogens is 1. The van der Waals surface area contributed by atoms with Gasteiger partial charge in [0.25, 0.3) is 0 Å². The molecule has 0 spiro atoms. The summed E-state index contributed by atoms with van der Waals surface area (Å²) in [4.78, 5) is 20.0. The lowest BCUT2D eigenvalue weighted by Gasteiger charge is -2.21. The molecule has 5 nitrogen and oxygen atoms in total. The summed E-state index contributed by atoms with van der Waals surface area (Å²) in [6, 6.07) is 22.8. The summed E-state index contributed by atoms with van der Waals surface area (Å²) in [5, 5.41) is 10.4. The maximum Gasteiger partial charge on any atom is 0.190 e. The Morgan fingerprint density at radius 1 is 0.906 bits per heavy atom. The molecule has 3 aromatic rings. The zero-order valence-corrected chi connectivity index (χ0v) is 17.9. The third-order valence-corrected chi connectivity index (χ3v) is 5.91. The Labute approximate surface area is 185 Å². The molecule has 32 heavy (non-hydrogen) atoms. The lowest BCUT2D eigenvalue weighted by molar-refractivity contribution is 0.613. The van der Waals surface area contributed by atoms with Crippen LogP contribution in [-0.4, -0.2) is 18.1 Å². The highest BCUT2D eigenvalue weighted by Crippen LogP contribution is 2.33. The summed E-state index contributed by atoms with van der Waals surface area (Å²) in [5.74, 6) is 0.484. The Bertz CT molecular complexity index is 1520. The van der Waals surface area contributed by atoms with Crippen LogP contribution in [-0.2, 0) is 0 Å². The van der Waals surface area contributed by atoms with Crippen LogP contribution in [0.25, 0.3) is 44.5 Å². The maximum atomic E-state index is 12.9. The average molecular weight is 419 g/mol. The highest BCUT2D eigenvalue weighted by atomic mass is 16.3. The SMILES string of the molecule is CCN(CC)c1ccc2nc3c4ccc(-c5ccc(C#N)cc5)cc4c(=O)cc-3oc2c1. The van der Waals surface area contributed by atoms with Crippen LogP contribution in [0.15, 0.2) is 75.9 Å². The Morgan fingerprint density at radius 3 is 2.38 bits per heavy atom. The molecule has 3 aromatic carbocycles. The number of nitrogens with zero attached hydrogens (tertiary/aromatic N) is 3. The van der Waals surface area contributed by atoms with E-state index in [1.165, 1.54) is 6.07 Å². The molecule has 1 heterocycles. The molecule has 0 fully saturated rings. The smallest absolute Gasteiger partial charge is 0.190 e. The number of anilines is 1. The van der Waals surface area contributed by atoms with Crippen molar-refractivity contribution >= 4 is 27.6 Å². The summed E-state index contributed by atoms with van der Waals surface area (Å²) in [7, 11) is 0. The molecule has 2 aliphatic rings. The van der Waals surface area contributed by atoms with E-state index in [0.717, 1.165) is 40.8 Å². The molecule has 0 N–H and O–H groups in total. The van der Waals surface area contributed by atoms with E-state index in [-0.39, 0.29) is 5.43 Å². The molecule has 1 aliphatic heterocycles. The summed E-state index contributed by atoms with van der Waals surface area (Å²) in [6.45, 7) is 6.04. The van der Waals surface area contributed by atoms with Gasteiger partial charge in [-0.2, -0.15) is 5.26 Å². The number of benzene rings is 4. The largest absolute Gasteiger partial charge is 0.453 e. The minimum absolute atomic E-state index is 0.104. The van der Waals surface area contributed by atoms with Gasteiger partial charge in [-0.1, -0.05) is 24.3 Å². The summed E-state index contributed by atoms with van der Waals surface area (Å²) >= 11 is 0. The number of nitriles is 1. The van der Waals surface area contributed by atoms with Gasteiger partial charge in [-0.15, -0.1) is 0 Å². The van der Waals surface area contributed by atoms with E-state index < -0.39 is 0 Å². The van der Waals surface area contributed by atoms with E-state index in [9.17, 15) is 4.79 Å². The zero-order valence-electron chi connectivity index (χ0n) is 17.9. The minimum Gasteiger partial charge on any atom is -0.453 e. The first-order valence-corrected chi connectivity index (χ1v) is 10.7. The van der Waals surface area contributed by atoms with Gasteiger partial charge in [-0.25, -0.2) is 4.98 Å². The second-order valence-electron chi connectivity index (χ2n) is 7.71. The predicted octanol–water partition coefficient (Wildman–Crippen LogP) is 5.83. The highest BCUT2D eigenvalue weighted by molar-refractivity contribution is 5.98. The van der Waals surface area contributed by atoms with E-state index in [1.807, 2.05) is 42.5 Å². The number of hydrogen-bond donors (Lipinski definition) is 0. The summed E-state index contributed by atoms with van der Waals surface area (Å²) < 4.78 is 6.14. The molecule has 0 unspecified atom stereocenters. The first kappa shape index (κ1) is 19.8. The van der Waals surface area contributed by atoms with Crippen LogP contribution >= 0.6 is 0 Å². The Kier molecular flexibility index (Phi) is 4.84. The standard InChI is InChI=1S/C27H21N3O2/c1-3-30(4-2)20-10-12-23-25(14-20)32-26-15-24(31)22-13-19(9-11-21(22)27(26)29-23)18-7-5-17(16-28)6-8-18/h5-15H,3-4H2,1-2H3. The van der Waals surface area contributed by atoms with Crippen molar-refractivity contribution in [1.29, 1.82) is 5.26 Å². The normalized spacial score (nSPS) is 11.2. The van der Waals surface area contributed by atoms with E-state index in [4.69, 9.17) is 14.7 Å². The van der Waals surface area contributed by atoms with Crippen molar-refractivity contribution in [3.05, 3.63) is 82.5 Å². The molecule has 0 amide bonds. The molecule has 1 aliphatic carbocycles. The Hall–Kier alpha value is -4.17. The number of fused-ring (bicyclic) bond motifs is 4. The quantitative estimate of drug-likeness (QED) is 0.271. The minimum atomic E-state index is -0.104. The van der Waals surface area contributed by atoms with Gasteiger partial charge in [0.15, 0.2) is 16.8 Å². The third kappa shape index (κ3) is 3.27. The lowest BCUT2D eigenvalue weighted by Crippen LogP contribution is -2.21. The molecular weight excluding hydrogens is 398 g/mol. The van der Waals surface area contributed by atoms with Crippen LogP contribution in [0.5, 0.6) is 0 Å². The first-order chi connectivity index (χ1) is 15.6. The molecule has 0 atom stereocenters. The van der Waals surface area contributed by atoms with Gasteiger partial charge >= 0.3 is 0 Å². The number of hydrogen-bond acceptors (Lipinski definition) is 5. The van der Waals surface area contributed by atoms with Gasteiger partial charge < -0.3 is 9.32 Å². The molecular formula is C27H21N3O2. The fraction of sp³-hybridized carbons (Fsp3) is 0.148. The summed E-state index contributed by atoms with van der Waals surface area (Å²) in [6.07, 6.45) is 0. The molecule has 0 aromatic heterocycles. The van der Waals surface area contributed by atoms with Gasteiger partial charge in [-0.3, -0.25) is 4.79 Å². The van der Waals surface area contributed by atoms with Gasteiger partial charge in [0.05, 0.1) is 11.6 Å². The van der Waals surface area contributed by atoms with E-state index in [2.05, 4.69) is 30.9 Å². The molecule has 0 saturated carbocycles. The topological polar surface area (TPSA) is 70.1 Å². The molecule has 5 heteroatoms. The monoisotopic (exact) mass is 419 g/mol. The van der Waals surface area contributed by atoms with Gasteiger partial charge in [0.2, 0.25) is 0 Å². The fourth-order valence-electron chi connectivity index (χ4n) is 4.16. The van der Waals surface area contributed by atoms with Crippen LogP contribution in [0.3, 0.4) is 0 Å². The fourth-order valence-corrected chi connectivity index (χ4v) is 4.16. The van der Waals surface area contributed by atoms with Crippen molar-refractivity contribution < 1.29 is 4.42 Å². The Balaban J connectivity index is 1.68. The first-order valence-electron chi connectivity index (χ1n) is 10.7. The molecule has 5 rings (SSSR count). The van der Waals surface area contributed by atoms with Crippen molar-refractivity contribution in [3.8, 4) is 28.7 Å². The second kappa shape index (κ2) is 7.82. The number of rotatable bonds is 4. The van der Waals surface area contributed by atoms with Gasteiger partial charge in [0, 0.05) is 41.7 Å². The van der Waals surface area contributed by atoms with Gasteiger partial charge in [-0.05, 0) is 55.3 Å². The van der Waals surface area contributed by atoms with Crippen molar-refractivity contribution in [2.24, 2.45) is 0 Å². The van der Waals surface area contributed by atoms with E-state index in [0.29, 0.717) is 28.0 Å². The van der Waals surface area contributed by atoms with E-state index in [1.54, 1.807) is 12.1 Å². The Morgan fingerprint density at radius 2 is 1.66 bits per heavy atom. The summed E-state index contributed by atoms with van der Waals surface area (Å²) in [5.41, 5.74) is 5.53. The third-order valence-electron chi connectivity index (χ3n) is 5.91. The average Bonchev–Trinajstić information content (AvgIpc) is 2.84. The molecule has 0 saturated heterocycles. The van der Waals surface area contributed by atoms with Crippen molar-refractivity contribution in [3.63, 3.8) is 0 Å². The van der Waals surface area contributed by atoms with Crippen molar-refractivity contribution in [2.45, 2.75) is 13.8 Å². The van der Waals surface area contributed by atoms with Crippen LogP contribution in [0.2, 0.25) is 0 Å². The lowest BCUT2D eigenvalue weighted by atomic mass is 9.98. The highest BCUT2D eigenvalue weighted by Gasteiger charge is 2.17.